The molecule has 0 spiro atoms. The third-order valence-corrected chi connectivity index (χ3v) is 7.80. The Balaban J connectivity index is 1.35. The summed E-state index contributed by atoms with van der Waals surface area (Å²) in [5, 5.41) is 2.41. The van der Waals surface area contributed by atoms with Gasteiger partial charge in [0.2, 0.25) is 18.0 Å². The standard InChI is InChI=1S/C25H27F2N4O11P/c26-15-4-3-14(18(27)8-15)9-28-23(33)17-11-29-12-19-30-5-1-2-16(30)10-31(19)24(34)20(29)22(21(17)32)40-13-41-25(35)39-6-7-42-43(36,37)38/h3-4,8,11,16,19H,1-2,5-7,9-10,12-13H2,(H,28,33)(H2,36,37,38)/t16-,19+/m1/s1. The number of hydrogen-bond donors (Lipinski definition) is 3. The zero-order valence-corrected chi connectivity index (χ0v) is 23.3. The number of carbonyl (C=O) groups excluding carboxylic acids is 3. The molecule has 15 nitrogen and oxygen atoms in total. The van der Waals surface area contributed by atoms with E-state index in [4.69, 9.17) is 19.3 Å². The molecule has 1 aromatic carbocycles. The number of benzene rings is 1. The molecule has 2 amide bonds. The molecule has 3 aliphatic rings. The minimum absolute atomic E-state index is 0.0285. The number of phosphoric ester groups is 1. The van der Waals surface area contributed by atoms with Gasteiger partial charge in [0.05, 0.1) is 13.2 Å². The molecular weight excluding hydrogens is 601 g/mol. The number of fused-ring (bicyclic) bond motifs is 4. The highest BCUT2D eigenvalue weighted by molar-refractivity contribution is 7.46. The third kappa shape index (κ3) is 6.70. The molecule has 5 rings (SSSR count). The van der Waals surface area contributed by atoms with Crippen molar-refractivity contribution in [3.63, 3.8) is 0 Å². The number of amides is 2. The van der Waals surface area contributed by atoms with Crippen LogP contribution in [0.15, 0.2) is 29.2 Å². The van der Waals surface area contributed by atoms with Crippen LogP contribution >= 0.6 is 7.82 Å². The van der Waals surface area contributed by atoms with E-state index in [-0.39, 0.29) is 36.6 Å². The van der Waals surface area contributed by atoms with E-state index in [0.29, 0.717) is 12.6 Å². The minimum Gasteiger partial charge on any atom is -0.451 e. The molecule has 3 N–H and O–H groups in total. The van der Waals surface area contributed by atoms with E-state index < -0.39 is 74.2 Å². The monoisotopic (exact) mass is 628 g/mol. The fourth-order valence-corrected chi connectivity index (χ4v) is 5.71. The van der Waals surface area contributed by atoms with E-state index in [2.05, 4.69) is 19.5 Å². The van der Waals surface area contributed by atoms with Crippen molar-refractivity contribution in [3.05, 3.63) is 63.1 Å². The molecule has 3 aliphatic heterocycles. The fourth-order valence-electron chi connectivity index (χ4n) is 5.40. The fraction of sp³-hybridized carbons (Fsp3) is 0.440. The Labute approximate surface area is 242 Å². The number of pyridine rings is 1. The minimum atomic E-state index is -4.76. The van der Waals surface area contributed by atoms with Crippen molar-refractivity contribution in [1.82, 2.24) is 19.7 Å². The second-order valence-electron chi connectivity index (χ2n) is 9.92. The molecular formula is C25H27F2N4O11P. The van der Waals surface area contributed by atoms with Gasteiger partial charge in [-0.2, -0.15) is 0 Å². The van der Waals surface area contributed by atoms with E-state index in [0.717, 1.165) is 31.5 Å². The zero-order chi connectivity index (χ0) is 30.9. The Morgan fingerprint density at radius 1 is 1.12 bits per heavy atom. The second kappa shape index (κ2) is 12.4. The number of carbonyl (C=O) groups is 3. The first-order chi connectivity index (χ1) is 20.4. The molecule has 1 aromatic heterocycles. The summed E-state index contributed by atoms with van der Waals surface area (Å²) in [4.78, 5) is 73.1. The van der Waals surface area contributed by atoms with Crippen LogP contribution in [0, 0.1) is 11.6 Å². The lowest BCUT2D eigenvalue weighted by Gasteiger charge is -2.36. The second-order valence-corrected chi connectivity index (χ2v) is 11.2. The molecule has 18 heteroatoms. The van der Waals surface area contributed by atoms with Gasteiger partial charge in [-0.1, -0.05) is 6.07 Å². The topological polar surface area (TPSA) is 186 Å². The van der Waals surface area contributed by atoms with Crippen LogP contribution in [-0.2, 0) is 31.7 Å². The molecule has 0 saturated carbocycles. The lowest BCUT2D eigenvalue weighted by Crippen LogP contribution is -2.50. The number of hydrogen-bond acceptors (Lipinski definition) is 10. The van der Waals surface area contributed by atoms with Gasteiger partial charge in [-0.05, 0) is 18.9 Å². The van der Waals surface area contributed by atoms with Crippen molar-refractivity contribution in [1.29, 1.82) is 0 Å². The van der Waals surface area contributed by atoms with Crippen LogP contribution in [0.25, 0.3) is 0 Å². The van der Waals surface area contributed by atoms with Crippen LogP contribution in [-0.4, -0.2) is 87.4 Å². The first kappa shape index (κ1) is 30.6. The summed E-state index contributed by atoms with van der Waals surface area (Å²) in [6.07, 6.45) is 1.45. The van der Waals surface area contributed by atoms with Gasteiger partial charge in [-0.15, -0.1) is 0 Å². The number of phosphoric acid groups is 1. The molecule has 0 aliphatic carbocycles. The molecule has 4 heterocycles. The number of nitrogens with zero attached hydrogens (tertiary/aromatic N) is 3. The van der Waals surface area contributed by atoms with Gasteiger partial charge in [-0.3, -0.25) is 23.8 Å². The van der Waals surface area contributed by atoms with E-state index in [1.165, 1.54) is 10.8 Å². The summed E-state index contributed by atoms with van der Waals surface area (Å²) < 4.78 is 58.3. The Morgan fingerprint density at radius 3 is 2.65 bits per heavy atom. The third-order valence-electron chi connectivity index (χ3n) is 7.28. The Morgan fingerprint density at radius 2 is 1.91 bits per heavy atom. The van der Waals surface area contributed by atoms with Crippen LogP contribution in [0.5, 0.6) is 5.75 Å². The highest BCUT2D eigenvalue weighted by Crippen LogP contribution is 2.36. The molecule has 2 atom stereocenters. The maximum Gasteiger partial charge on any atom is 0.511 e. The van der Waals surface area contributed by atoms with Crippen LogP contribution in [0.3, 0.4) is 0 Å². The van der Waals surface area contributed by atoms with E-state index in [1.807, 2.05) is 0 Å². The highest BCUT2D eigenvalue weighted by Gasteiger charge is 2.48. The van der Waals surface area contributed by atoms with Crippen LogP contribution in [0.1, 0.15) is 39.3 Å². The lowest BCUT2D eigenvalue weighted by molar-refractivity contribution is -0.00277. The SMILES string of the molecule is O=C(OCCOP(=O)(O)O)OCOc1c2n(cc(C(=O)NCc3ccc(F)cc3F)c1=O)C[C@@H]1N(C[C@H]3CCCN31)C2=O. The van der Waals surface area contributed by atoms with Crippen molar-refractivity contribution in [2.45, 2.75) is 38.1 Å². The van der Waals surface area contributed by atoms with Crippen LogP contribution < -0.4 is 15.5 Å². The van der Waals surface area contributed by atoms with Crippen LogP contribution in [0.4, 0.5) is 13.6 Å². The van der Waals surface area contributed by atoms with Gasteiger partial charge in [0.15, 0.2) is 5.69 Å². The van der Waals surface area contributed by atoms with Crippen molar-refractivity contribution in [3.8, 4) is 5.75 Å². The van der Waals surface area contributed by atoms with Gasteiger partial charge in [-0.25, -0.2) is 18.1 Å². The number of nitrogens with one attached hydrogen (secondary N) is 1. The number of halogens is 2. The Hall–Kier alpha value is -3.89. The smallest absolute Gasteiger partial charge is 0.451 e. The van der Waals surface area contributed by atoms with E-state index >= 15 is 0 Å². The number of ether oxygens (including phenoxy) is 3. The summed E-state index contributed by atoms with van der Waals surface area (Å²) in [5.74, 6) is -3.69. The summed E-state index contributed by atoms with van der Waals surface area (Å²) >= 11 is 0. The zero-order valence-electron chi connectivity index (χ0n) is 22.4. The molecule has 0 bridgehead atoms. The molecule has 232 valence electrons. The Kier molecular flexibility index (Phi) is 8.80. The van der Waals surface area contributed by atoms with Crippen molar-refractivity contribution >= 4 is 25.8 Å². The molecule has 2 aromatic rings. The van der Waals surface area contributed by atoms with Gasteiger partial charge < -0.3 is 38.8 Å². The predicted octanol–water partition coefficient (Wildman–Crippen LogP) is 0.915. The molecule has 0 radical (unpaired) electrons. The average Bonchev–Trinajstić information content (AvgIpc) is 3.54. The molecule has 2 saturated heterocycles. The highest BCUT2D eigenvalue weighted by atomic mass is 31.2. The Bertz CT molecular complexity index is 1550. The number of rotatable bonds is 10. The van der Waals surface area contributed by atoms with Crippen LogP contribution in [0.2, 0.25) is 0 Å². The van der Waals surface area contributed by atoms with Crippen molar-refractivity contribution in [2.24, 2.45) is 0 Å². The number of aromatic nitrogens is 1. The summed E-state index contributed by atoms with van der Waals surface area (Å²) in [6, 6.07) is 2.97. The lowest BCUT2D eigenvalue weighted by atomic mass is 10.1. The first-order valence-corrected chi connectivity index (χ1v) is 14.6. The maximum atomic E-state index is 14.1. The van der Waals surface area contributed by atoms with E-state index in [1.54, 1.807) is 4.90 Å². The summed E-state index contributed by atoms with van der Waals surface area (Å²) in [7, 11) is -4.76. The van der Waals surface area contributed by atoms with Gasteiger partial charge in [0, 0.05) is 43.5 Å². The maximum absolute atomic E-state index is 14.1. The van der Waals surface area contributed by atoms with Gasteiger partial charge in [0.25, 0.3) is 11.8 Å². The van der Waals surface area contributed by atoms with Crippen molar-refractivity contribution in [2.75, 3.05) is 33.1 Å². The van der Waals surface area contributed by atoms with Crippen molar-refractivity contribution < 1.29 is 56.3 Å². The average molecular weight is 628 g/mol. The molecule has 2 fully saturated rings. The van der Waals surface area contributed by atoms with Gasteiger partial charge >= 0.3 is 14.0 Å². The van der Waals surface area contributed by atoms with Gasteiger partial charge in [0.1, 0.15) is 30.0 Å². The first-order valence-electron chi connectivity index (χ1n) is 13.1. The molecule has 0 unspecified atom stereocenters. The quantitative estimate of drug-likeness (QED) is 0.146. The predicted molar refractivity (Wildman–Crippen MR) is 139 cm³/mol. The summed E-state index contributed by atoms with van der Waals surface area (Å²) in [5.41, 5.74) is -1.62. The summed E-state index contributed by atoms with van der Waals surface area (Å²) in [6.45, 7) is -1.04. The normalized spacial score (nSPS) is 19.4. The van der Waals surface area contributed by atoms with E-state index in [9.17, 15) is 32.5 Å². The molecule has 43 heavy (non-hydrogen) atoms. The largest absolute Gasteiger partial charge is 0.511 e.